The molecule has 0 atom stereocenters. The molecule has 30 heavy (non-hydrogen) atoms. The van der Waals surface area contributed by atoms with Gasteiger partial charge in [0, 0.05) is 31.4 Å². The van der Waals surface area contributed by atoms with Gasteiger partial charge in [-0.15, -0.1) is 0 Å². The Bertz CT molecular complexity index is 1170. The zero-order valence-electron chi connectivity index (χ0n) is 17.1. The van der Waals surface area contributed by atoms with E-state index in [1.165, 1.54) is 9.87 Å². The highest BCUT2D eigenvalue weighted by atomic mass is 32.2. The zero-order valence-corrected chi connectivity index (χ0v) is 17.9. The van der Waals surface area contributed by atoms with Gasteiger partial charge in [-0.25, -0.2) is 8.42 Å². The smallest absolute Gasteiger partial charge is 0.258 e. The van der Waals surface area contributed by atoms with E-state index in [2.05, 4.69) is 6.07 Å². The average Bonchev–Trinajstić information content (AvgIpc) is 3.18. The lowest BCUT2D eigenvalue weighted by Crippen LogP contribution is -2.29. The van der Waals surface area contributed by atoms with Crippen LogP contribution in [-0.4, -0.2) is 32.2 Å². The maximum absolute atomic E-state index is 12.9. The number of aryl methyl sites for hydroxylation is 1. The number of rotatable bonds is 5. The van der Waals surface area contributed by atoms with Gasteiger partial charge in [0.1, 0.15) is 0 Å². The molecule has 1 aliphatic heterocycles. The van der Waals surface area contributed by atoms with Crippen LogP contribution < -0.4 is 4.90 Å². The molecule has 3 aromatic rings. The van der Waals surface area contributed by atoms with Gasteiger partial charge >= 0.3 is 0 Å². The topological polar surface area (TPSA) is 57.7 Å². The van der Waals surface area contributed by atoms with E-state index in [1.807, 2.05) is 37.3 Å². The van der Waals surface area contributed by atoms with E-state index in [0.29, 0.717) is 12.1 Å². The second kappa shape index (κ2) is 8.05. The van der Waals surface area contributed by atoms with Gasteiger partial charge in [0.25, 0.3) is 5.91 Å². The maximum atomic E-state index is 12.9. The summed E-state index contributed by atoms with van der Waals surface area (Å²) in [5.74, 6) is -0.0351. The summed E-state index contributed by atoms with van der Waals surface area (Å²) in [6.45, 7) is 2.83. The Morgan fingerprint density at radius 2 is 1.63 bits per heavy atom. The third kappa shape index (κ3) is 3.88. The Kier molecular flexibility index (Phi) is 5.45. The molecule has 154 valence electrons. The Balaban J connectivity index is 1.47. The Morgan fingerprint density at radius 1 is 0.967 bits per heavy atom. The highest BCUT2D eigenvalue weighted by Gasteiger charge is 2.25. The van der Waals surface area contributed by atoms with Crippen molar-refractivity contribution >= 4 is 21.6 Å². The standard InChI is InChI=1S/C24H24N2O3S/c1-18-7-13-22(14-8-18)30(28,29)25(2)17-19-9-11-21(12-10-19)24(27)26-16-15-20-5-3-4-6-23(20)26/h3-14H,15-17H2,1-2H3. The summed E-state index contributed by atoms with van der Waals surface area (Å²) in [4.78, 5) is 15.0. The lowest BCUT2D eigenvalue weighted by Gasteiger charge is -2.19. The van der Waals surface area contributed by atoms with E-state index in [4.69, 9.17) is 0 Å². The molecule has 0 unspecified atom stereocenters. The van der Waals surface area contributed by atoms with Crippen LogP contribution in [0, 0.1) is 6.92 Å². The minimum absolute atomic E-state index is 0.0351. The van der Waals surface area contributed by atoms with Gasteiger partial charge in [-0.3, -0.25) is 4.79 Å². The number of hydrogen-bond acceptors (Lipinski definition) is 3. The van der Waals surface area contributed by atoms with Crippen LogP contribution in [0.3, 0.4) is 0 Å². The molecule has 5 nitrogen and oxygen atoms in total. The zero-order chi connectivity index (χ0) is 21.3. The predicted octanol–water partition coefficient (Wildman–Crippen LogP) is 4.02. The van der Waals surface area contributed by atoms with Crippen LogP contribution in [0.4, 0.5) is 5.69 Å². The van der Waals surface area contributed by atoms with Gasteiger partial charge in [0.15, 0.2) is 0 Å². The van der Waals surface area contributed by atoms with Crippen molar-refractivity contribution in [2.24, 2.45) is 0 Å². The molecule has 0 aliphatic carbocycles. The number of fused-ring (bicyclic) bond motifs is 1. The average molecular weight is 421 g/mol. The first-order valence-corrected chi connectivity index (χ1v) is 11.3. The molecule has 0 aromatic heterocycles. The van der Waals surface area contributed by atoms with Crippen molar-refractivity contribution in [2.45, 2.75) is 24.8 Å². The number of nitrogens with zero attached hydrogens (tertiary/aromatic N) is 2. The summed E-state index contributed by atoms with van der Waals surface area (Å²) in [5.41, 5.74) is 4.59. The number of anilines is 1. The molecule has 3 aromatic carbocycles. The second-order valence-electron chi connectivity index (χ2n) is 7.61. The quantitative estimate of drug-likeness (QED) is 0.626. The molecule has 0 radical (unpaired) electrons. The molecule has 0 N–H and O–H groups in total. The largest absolute Gasteiger partial charge is 0.308 e. The summed E-state index contributed by atoms with van der Waals surface area (Å²) in [5, 5.41) is 0. The first-order chi connectivity index (χ1) is 14.4. The molecule has 0 saturated carbocycles. The third-order valence-corrected chi connectivity index (χ3v) is 7.29. The summed E-state index contributed by atoms with van der Waals surface area (Å²) in [6.07, 6.45) is 0.863. The summed E-state index contributed by atoms with van der Waals surface area (Å²) in [7, 11) is -2.00. The Morgan fingerprint density at radius 3 is 2.33 bits per heavy atom. The number of amides is 1. The van der Waals surface area contributed by atoms with Crippen LogP contribution in [0.1, 0.15) is 27.0 Å². The minimum atomic E-state index is -3.57. The van der Waals surface area contributed by atoms with Gasteiger partial charge in [-0.05, 0) is 54.8 Å². The number of carbonyl (C=O) groups excluding carboxylic acids is 1. The molecule has 0 bridgehead atoms. The maximum Gasteiger partial charge on any atom is 0.258 e. The number of sulfonamides is 1. The van der Waals surface area contributed by atoms with Gasteiger partial charge in [-0.1, -0.05) is 48.0 Å². The second-order valence-corrected chi connectivity index (χ2v) is 9.65. The number of para-hydroxylation sites is 1. The van der Waals surface area contributed by atoms with Crippen molar-refractivity contribution in [1.29, 1.82) is 0 Å². The van der Waals surface area contributed by atoms with Gasteiger partial charge in [-0.2, -0.15) is 4.31 Å². The third-order valence-electron chi connectivity index (χ3n) is 5.47. The van der Waals surface area contributed by atoms with Gasteiger partial charge in [0.05, 0.1) is 4.90 Å². The highest BCUT2D eigenvalue weighted by molar-refractivity contribution is 7.89. The van der Waals surface area contributed by atoms with E-state index < -0.39 is 10.0 Å². The Labute approximate surface area is 177 Å². The van der Waals surface area contributed by atoms with Crippen LogP contribution in [0.2, 0.25) is 0 Å². The van der Waals surface area contributed by atoms with Crippen molar-refractivity contribution in [3.05, 3.63) is 95.1 Å². The van der Waals surface area contributed by atoms with Crippen molar-refractivity contribution < 1.29 is 13.2 Å². The van der Waals surface area contributed by atoms with E-state index in [9.17, 15) is 13.2 Å². The first kappa shape index (κ1) is 20.3. The van der Waals surface area contributed by atoms with Gasteiger partial charge < -0.3 is 4.90 Å². The predicted molar refractivity (Wildman–Crippen MR) is 118 cm³/mol. The van der Waals surface area contributed by atoms with Crippen LogP contribution in [0.25, 0.3) is 0 Å². The van der Waals surface area contributed by atoms with E-state index in [0.717, 1.165) is 23.2 Å². The summed E-state index contributed by atoms with van der Waals surface area (Å²) >= 11 is 0. The Hall–Kier alpha value is -2.96. The lowest BCUT2D eigenvalue weighted by atomic mass is 10.1. The van der Waals surface area contributed by atoms with Crippen LogP contribution in [0.15, 0.2) is 77.7 Å². The molecule has 4 rings (SSSR count). The summed E-state index contributed by atoms with van der Waals surface area (Å²) < 4.78 is 26.9. The van der Waals surface area contributed by atoms with Crippen molar-refractivity contribution in [2.75, 3.05) is 18.5 Å². The van der Waals surface area contributed by atoms with Crippen molar-refractivity contribution in [3.8, 4) is 0 Å². The molecule has 0 fully saturated rings. The van der Waals surface area contributed by atoms with Gasteiger partial charge in [0.2, 0.25) is 10.0 Å². The molecule has 0 spiro atoms. The minimum Gasteiger partial charge on any atom is -0.308 e. The van der Waals surface area contributed by atoms with E-state index in [-0.39, 0.29) is 17.3 Å². The van der Waals surface area contributed by atoms with Crippen LogP contribution in [-0.2, 0) is 23.0 Å². The number of benzene rings is 3. The fourth-order valence-corrected chi connectivity index (χ4v) is 4.85. The molecule has 6 heteroatoms. The molecule has 0 saturated heterocycles. The molecule has 1 heterocycles. The van der Waals surface area contributed by atoms with Crippen LogP contribution >= 0.6 is 0 Å². The molecule has 1 amide bonds. The number of carbonyl (C=O) groups is 1. The SMILES string of the molecule is Cc1ccc(S(=O)(=O)N(C)Cc2ccc(C(=O)N3CCc4ccccc43)cc2)cc1. The monoisotopic (exact) mass is 420 g/mol. The lowest BCUT2D eigenvalue weighted by molar-refractivity contribution is 0.0989. The fourth-order valence-electron chi connectivity index (χ4n) is 3.69. The van der Waals surface area contributed by atoms with E-state index >= 15 is 0 Å². The van der Waals surface area contributed by atoms with Crippen LogP contribution in [0.5, 0.6) is 0 Å². The van der Waals surface area contributed by atoms with Crippen molar-refractivity contribution in [1.82, 2.24) is 4.31 Å². The molecule has 1 aliphatic rings. The summed E-state index contributed by atoms with van der Waals surface area (Å²) in [6, 6.07) is 21.9. The highest BCUT2D eigenvalue weighted by Crippen LogP contribution is 2.29. The number of hydrogen-bond donors (Lipinski definition) is 0. The normalized spacial score (nSPS) is 13.5. The molecular weight excluding hydrogens is 396 g/mol. The first-order valence-electron chi connectivity index (χ1n) is 9.88. The van der Waals surface area contributed by atoms with Crippen molar-refractivity contribution in [3.63, 3.8) is 0 Å². The van der Waals surface area contributed by atoms with E-state index in [1.54, 1.807) is 48.3 Å². The fraction of sp³-hybridized carbons (Fsp3) is 0.208. The molecular formula is C24H24N2O3S.